The molecule has 1 aliphatic heterocycles. The van der Waals surface area contributed by atoms with Crippen LogP contribution in [0.25, 0.3) is 0 Å². The molecule has 1 N–H and O–H groups in total. The summed E-state index contributed by atoms with van der Waals surface area (Å²) >= 11 is 0. The Hall–Kier alpha value is -1.69. The van der Waals surface area contributed by atoms with E-state index >= 15 is 0 Å². The second-order valence-corrected chi connectivity index (χ2v) is 4.33. The number of anilines is 1. The summed E-state index contributed by atoms with van der Waals surface area (Å²) in [4.78, 5) is 19.4. The van der Waals surface area contributed by atoms with Crippen molar-refractivity contribution in [3.63, 3.8) is 0 Å². The summed E-state index contributed by atoms with van der Waals surface area (Å²) in [5.74, 6) is 0.190. The predicted octanol–water partition coefficient (Wildman–Crippen LogP) is 1.24. The number of hydrogen-bond acceptors (Lipinski definition) is 6. The predicted molar refractivity (Wildman–Crippen MR) is 65.4 cm³/mol. The number of rotatable bonds is 3. The number of carbonyl (C=O) groups excluding carboxylic acids is 1. The van der Waals surface area contributed by atoms with Gasteiger partial charge in [-0.1, -0.05) is 0 Å². The second-order valence-electron chi connectivity index (χ2n) is 4.33. The molecule has 2 heterocycles. The molecule has 0 saturated carbocycles. The first-order chi connectivity index (χ1) is 8.69. The zero-order chi connectivity index (χ0) is 13.0. The van der Waals surface area contributed by atoms with E-state index in [1.165, 1.54) is 13.3 Å². The van der Waals surface area contributed by atoms with Crippen molar-refractivity contribution in [1.82, 2.24) is 9.97 Å². The van der Waals surface area contributed by atoms with E-state index in [-0.39, 0.29) is 11.8 Å². The smallest absolute Gasteiger partial charge is 0.358 e. The molecule has 0 radical (unpaired) electrons. The van der Waals surface area contributed by atoms with Crippen molar-refractivity contribution in [2.45, 2.75) is 31.9 Å². The van der Waals surface area contributed by atoms with E-state index in [9.17, 15) is 4.79 Å². The Kier molecular flexibility index (Phi) is 4.09. The molecule has 2 rings (SSSR count). The molecule has 1 fully saturated rings. The normalized spacial score (nSPS) is 23.4. The Morgan fingerprint density at radius 3 is 2.94 bits per heavy atom. The Labute approximate surface area is 106 Å². The van der Waals surface area contributed by atoms with Crippen molar-refractivity contribution < 1.29 is 14.3 Å². The molecule has 1 aromatic rings. The minimum absolute atomic E-state index is 0.211. The zero-order valence-electron chi connectivity index (χ0n) is 10.5. The number of hydrogen-bond donors (Lipinski definition) is 1. The van der Waals surface area contributed by atoms with E-state index in [1.807, 2.05) is 0 Å². The summed E-state index contributed by atoms with van der Waals surface area (Å²) in [5.41, 5.74) is 0.211. The van der Waals surface area contributed by atoms with Crippen molar-refractivity contribution in [1.29, 1.82) is 0 Å². The number of nitrogens with one attached hydrogen (secondary N) is 1. The maximum absolute atomic E-state index is 11.2. The number of methoxy groups -OCH3 is 1. The van der Waals surface area contributed by atoms with Crippen LogP contribution >= 0.6 is 0 Å². The van der Waals surface area contributed by atoms with E-state index in [0.29, 0.717) is 11.9 Å². The first-order valence-corrected chi connectivity index (χ1v) is 5.97. The van der Waals surface area contributed by atoms with Crippen LogP contribution in [0.1, 0.15) is 30.3 Å². The van der Waals surface area contributed by atoms with E-state index in [0.717, 1.165) is 19.4 Å². The SMILES string of the molecule is COC(=O)c1cnc(NC2CCOC(C)C2)cn1. The van der Waals surface area contributed by atoms with Gasteiger partial charge in [-0.15, -0.1) is 0 Å². The molecule has 2 unspecified atom stereocenters. The lowest BCUT2D eigenvalue weighted by atomic mass is 10.0. The fourth-order valence-electron chi connectivity index (χ4n) is 1.95. The van der Waals surface area contributed by atoms with Gasteiger partial charge in [0.2, 0.25) is 0 Å². The molecule has 0 aromatic carbocycles. The Bertz CT molecular complexity index is 408. The highest BCUT2D eigenvalue weighted by molar-refractivity contribution is 5.86. The highest BCUT2D eigenvalue weighted by Gasteiger charge is 2.19. The van der Waals surface area contributed by atoms with Gasteiger partial charge in [0, 0.05) is 12.6 Å². The van der Waals surface area contributed by atoms with Gasteiger partial charge in [0.15, 0.2) is 5.69 Å². The van der Waals surface area contributed by atoms with Crippen LogP contribution in [-0.4, -0.2) is 41.8 Å². The van der Waals surface area contributed by atoms with E-state index < -0.39 is 5.97 Å². The summed E-state index contributed by atoms with van der Waals surface area (Å²) in [5, 5.41) is 3.29. The van der Waals surface area contributed by atoms with Crippen molar-refractivity contribution in [2.24, 2.45) is 0 Å². The summed E-state index contributed by atoms with van der Waals surface area (Å²) < 4.78 is 10.0. The molecule has 1 saturated heterocycles. The lowest BCUT2D eigenvalue weighted by Gasteiger charge is -2.28. The maximum atomic E-state index is 11.2. The van der Waals surface area contributed by atoms with Gasteiger partial charge in [-0.3, -0.25) is 0 Å². The summed E-state index contributed by atoms with van der Waals surface area (Å²) in [6.45, 7) is 2.81. The molecule has 1 aliphatic rings. The van der Waals surface area contributed by atoms with Gasteiger partial charge in [0.25, 0.3) is 0 Å². The van der Waals surface area contributed by atoms with Crippen molar-refractivity contribution in [2.75, 3.05) is 19.0 Å². The maximum Gasteiger partial charge on any atom is 0.358 e. The third kappa shape index (κ3) is 3.16. The van der Waals surface area contributed by atoms with Gasteiger partial charge in [-0.25, -0.2) is 14.8 Å². The van der Waals surface area contributed by atoms with E-state index in [4.69, 9.17) is 4.74 Å². The lowest BCUT2D eigenvalue weighted by Crippen LogP contribution is -2.32. The minimum atomic E-state index is -0.478. The number of esters is 1. The fraction of sp³-hybridized carbons (Fsp3) is 0.583. The monoisotopic (exact) mass is 251 g/mol. The lowest BCUT2D eigenvalue weighted by molar-refractivity contribution is 0.0231. The third-order valence-electron chi connectivity index (χ3n) is 2.88. The number of aromatic nitrogens is 2. The number of ether oxygens (including phenoxy) is 2. The number of nitrogens with zero attached hydrogens (tertiary/aromatic N) is 2. The summed E-state index contributed by atoms with van der Waals surface area (Å²) in [6, 6.07) is 0.340. The fourth-order valence-corrected chi connectivity index (χ4v) is 1.95. The molecule has 1 aromatic heterocycles. The van der Waals surface area contributed by atoms with Gasteiger partial charge in [-0.2, -0.15) is 0 Å². The minimum Gasteiger partial charge on any atom is -0.464 e. The van der Waals surface area contributed by atoms with Crippen molar-refractivity contribution in [3.8, 4) is 0 Å². The molecule has 6 heteroatoms. The van der Waals surface area contributed by atoms with Crippen LogP contribution in [0.3, 0.4) is 0 Å². The highest BCUT2D eigenvalue weighted by atomic mass is 16.5. The third-order valence-corrected chi connectivity index (χ3v) is 2.88. The van der Waals surface area contributed by atoms with Gasteiger partial charge in [-0.05, 0) is 19.8 Å². The quantitative estimate of drug-likeness (QED) is 0.815. The summed E-state index contributed by atoms with van der Waals surface area (Å²) in [6.07, 6.45) is 5.12. The van der Waals surface area contributed by atoms with Gasteiger partial charge in [0.1, 0.15) is 5.82 Å². The number of carbonyl (C=O) groups is 1. The van der Waals surface area contributed by atoms with Crippen LogP contribution in [0.2, 0.25) is 0 Å². The van der Waals surface area contributed by atoms with Crippen LogP contribution in [0.5, 0.6) is 0 Å². The Morgan fingerprint density at radius 2 is 2.33 bits per heavy atom. The van der Waals surface area contributed by atoms with Crippen LogP contribution in [0, 0.1) is 0 Å². The van der Waals surface area contributed by atoms with Crippen molar-refractivity contribution in [3.05, 3.63) is 18.1 Å². The standard InChI is InChI=1S/C12H17N3O3/c1-8-5-9(3-4-18-8)15-11-7-13-10(6-14-11)12(16)17-2/h6-9H,3-5H2,1-2H3,(H,14,15). The average Bonchev–Trinajstić information content (AvgIpc) is 2.39. The van der Waals surface area contributed by atoms with Gasteiger partial charge in [0.05, 0.1) is 25.6 Å². The Balaban J connectivity index is 1.95. The molecular formula is C12H17N3O3. The Morgan fingerprint density at radius 1 is 1.50 bits per heavy atom. The topological polar surface area (TPSA) is 73.3 Å². The molecule has 98 valence electrons. The molecule has 18 heavy (non-hydrogen) atoms. The van der Waals surface area contributed by atoms with Gasteiger partial charge < -0.3 is 14.8 Å². The zero-order valence-corrected chi connectivity index (χ0v) is 10.5. The van der Waals surface area contributed by atoms with Crippen molar-refractivity contribution >= 4 is 11.8 Å². The van der Waals surface area contributed by atoms with E-state index in [2.05, 4.69) is 26.9 Å². The molecular weight excluding hydrogens is 234 g/mol. The van der Waals surface area contributed by atoms with Crippen LogP contribution in [-0.2, 0) is 9.47 Å². The molecule has 0 bridgehead atoms. The molecule has 2 atom stereocenters. The molecule has 0 amide bonds. The molecule has 6 nitrogen and oxygen atoms in total. The van der Waals surface area contributed by atoms with Crippen LogP contribution in [0.15, 0.2) is 12.4 Å². The van der Waals surface area contributed by atoms with Gasteiger partial charge >= 0.3 is 5.97 Å². The first kappa shape index (κ1) is 12.8. The molecule has 0 aliphatic carbocycles. The highest BCUT2D eigenvalue weighted by Crippen LogP contribution is 2.17. The largest absolute Gasteiger partial charge is 0.464 e. The second kappa shape index (κ2) is 5.77. The summed E-state index contributed by atoms with van der Waals surface area (Å²) in [7, 11) is 1.32. The molecule has 0 spiro atoms. The van der Waals surface area contributed by atoms with E-state index in [1.54, 1.807) is 6.20 Å². The van der Waals surface area contributed by atoms with Crippen LogP contribution < -0.4 is 5.32 Å². The average molecular weight is 251 g/mol. The first-order valence-electron chi connectivity index (χ1n) is 5.97. The van der Waals surface area contributed by atoms with Crippen LogP contribution in [0.4, 0.5) is 5.82 Å².